The number of thioether (sulfide) groups is 1. The predicted octanol–water partition coefficient (Wildman–Crippen LogP) is 4.95. The molecule has 0 heterocycles. The number of aryl methyl sites for hydroxylation is 1. The molecular formula is C25H28N2O4S2. The fourth-order valence-electron chi connectivity index (χ4n) is 3.32. The van der Waals surface area contributed by atoms with Crippen molar-refractivity contribution < 1.29 is 17.9 Å². The molecule has 0 saturated carbocycles. The number of rotatable bonds is 10. The van der Waals surface area contributed by atoms with Crippen LogP contribution in [0, 0.1) is 6.92 Å². The van der Waals surface area contributed by atoms with Gasteiger partial charge in [-0.3, -0.25) is 4.79 Å². The Balaban J connectivity index is 1.88. The van der Waals surface area contributed by atoms with Crippen LogP contribution in [0.2, 0.25) is 0 Å². The highest BCUT2D eigenvalue weighted by Gasteiger charge is 2.27. The highest BCUT2D eigenvalue weighted by atomic mass is 32.2. The number of hydrogen-bond donors (Lipinski definition) is 1. The minimum Gasteiger partial charge on any atom is -0.494 e. The Morgan fingerprint density at radius 1 is 1.03 bits per heavy atom. The molecule has 174 valence electrons. The zero-order valence-corrected chi connectivity index (χ0v) is 20.6. The second-order valence-corrected chi connectivity index (χ2v) is 10.2. The van der Waals surface area contributed by atoms with Gasteiger partial charge in [-0.2, -0.15) is 4.31 Å². The van der Waals surface area contributed by atoms with Crippen LogP contribution < -0.4 is 10.1 Å². The molecule has 0 aliphatic rings. The van der Waals surface area contributed by atoms with E-state index < -0.39 is 15.9 Å². The Hall–Kier alpha value is -2.81. The quantitative estimate of drug-likeness (QED) is 0.412. The zero-order valence-electron chi connectivity index (χ0n) is 18.9. The molecule has 0 bridgehead atoms. The van der Waals surface area contributed by atoms with Crippen LogP contribution >= 0.6 is 11.8 Å². The van der Waals surface area contributed by atoms with Crippen molar-refractivity contribution in [2.75, 3.05) is 24.7 Å². The van der Waals surface area contributed by atoms with E-state index in [9.17, 15) is 13.2 Å². The number of nitrogens with one attached hydrogen (secondary N) is 1. The molecule has 0 unspecified atom stereocenters. The molecule has 0 aliphatic carbocycles. The number of anilines is 1. The van der Waals surface area contributed by atoms with Gasteiger partial charge in [-0.1, -0.05) is 36.4 Å². The standard InChI is InChI=1S/C25H28N2O4S2/c1-4-31-24-14-13-23(15-19(24)2)33(29,30)27(17-20-9-6-5-7-10-20)18-25(28)26-21-11-8-12-22(16-21)32-3/h5-16H,4,17-18H2,1-3H3,(H,26,28). The molecule has 0 spiro atoms. The van der Waals surface area contributed by atoms with E-state index in [-0.39, 0.29) is 18.0 Å². The fourth-order valence-corrected chi connectivity index (χ4v) is 5.25. The van der Waals surface area contributed by atoms with Crippen LogP contribution in [0.5, 0.6) is 5.75 Å². The summed E-state index contributed by atoms with van der Waals surface area (Å²) in [7, 11) is -3.94. The van der Waals surface area contributed by atoms with E-state index in [1.54, 1.807) is 36.9 Å². The van der Waals surface area contributed by atoms with Crippen molar-refractivity contribution in [2.45, 2.75) is 30.2 Å². The summed E-state index contributed by atoms with van der Waals surface area (Å²) in [4.78, 5) is 14.0. The number of benzene rings is 3. The minimum atomic E-state index is -3.94. The Kier molecular flexibility index (Phi) is 8.55. The second kappa shape index (κ2) is 11.4. The lowest BCUT2D eigenvalue weighted by atomic mass is 10.2. The SMILES string of the molecule is CCOc1ccc(S(=O)(=O)N(CC(=O)Nc2cccc(SC)c2)Cc2ccccc2)cc1C. The van der Waals surface area contributed by atoms with E-state index in [2.05, 4.69) is 5.32 Å². The van der Waals surface area contributed by atoms with Gasteiger partial charge in [0.05, 0.1) is 18.0 Å². The summed E-state index contributed by atoms with van der Waals surface area (Å²) in [6, 6.07) is 21.4. The van der Waals surface area contributed by atoms with E-state index in [1.807, 2.05) is 61.7 Å². The van der Waals surface area contributed by atoms with Crippen molar-refractivity contribution in [3.8, 4) is 5.75 Å². The van der Waals surface area contributed by atoms with Crippen LogP contribution in [0.25, 0.3) is 0 Å². The average Bonchev–Trinajstić information content (AvgIpc) is 2.80. The third-order valence-corrected chi connectivity index (χ3v) is 7.47. The number of ether oxygens (including phenoxy) is 1. The highest BCUT2D eigenvalue weighted by molar-refractivity contribution is 7.98. The maximum absolute atomic E-state index is 13.5. The molecule has 0 fully saturated rings. The Morgan fingerprint density at radius 2 is 1.79 bits per heavy atom. The minimum absolute atomic E-state index is 0.0771. The number of sulfonamides is 1. The summed E-state index contributed by atoms with van der Waals surface area (Å²) < 4.78 is 33.8. The van der Waals surface area contributed by atoms with Gasteiger partial charge < -0.3 is 10.1 Å². The summed E-state index contributed by atoms with van der Waals surface area (Å²) in [5.41, 5.74) is 2.14. The van der Waals surface area contributed by atoms with Gasteiger partial charge in [-0.15, -0.1) is 11.8 Å². The molecule has 33 heavy (non-hydrogen) atoms. The van der Waals surface area contributed by atoms with Crippen molar-refractivity contribution in [1.82, 2.24) is 4.31 Å². The van der Waals surface area contributed by atoms with Crippen LogP contribution in [0.4, 0.5) is 5.69 Å². The topological polar surface area (TPSA) is 75.7 Å². The maximum atomic E-state index is 13.5. The first-order valence-corrected chi connectivity index (χ1v) is 13.2. The van der Waals surface area contributed by atoms with Crippen LogP contribution in [-0.2, 0) is 21.4 Å². The molecule has 3 rings (SSSR count). The molecule has 1 amide bonds. The van der Waals surface area contributed by atoms with E-state index in [4.69, 9.17) is 4.74 Å². The third kappa shape index (κ3) is 6.60. The number of hydrogen-bond acceptors (Lipinski definition) is 5. The molecule has 1 N–H and O–H groups in total. The van der Waals surface area contributed by atoms with E-state index >= 15 is 0 Å². The van der Waals surface area contributed by atoms with Gasteiger partial charge >= 0.3 is 0 Å². The average molecular weight is 485 g/mol. The van der Waals surface area contributed by atoms with Crippen molar-refractivity contribution in [1.29, 1.82) is 0 Å². The summed E-state index contributed by atoms with van der Waals surface area (Å²) >= 11 is 1.57. The Morgan fingerprint density at radius 3 is 2.45 bits per heavy atom. The number of carbonyl (C=O) groups is 1. The van der Waals surface area contributed by atoms with Gasteiger partial charge in [0.2, 0.25) is 15.9 Å². The van der Waals surface area contributed by atoms with E-state index in [1.165, 1.54) is 10.4 Å². The predicted molar refractivity (Wildman–Crippen MR) is 133 cm³/mol. The monoisotopic (exact) mass is 484 g/mol. The summed E-state index contributed by atoms with van der Waals surface area (Å²) in [6.45, 7) is 3.93. The zero-order chi connectivity index (χ0) is 23.8. The van der Waals surface area contributed by atoms with Crippen molar-refractivity contribution in [2.24, 2.45) is 0 Å². The third-order valence-electron chi connectivity index (χ3n) is 4.96. The smallest absolute Gasteiger partial charge is 0.243 e. The normalized spacial score (nSPS) is 11.4. The molecule has 6 nitrogen and oxygen atoms in total. The lowest BCUT2D eigenvalue weighted by Crippen LogP contribution is -2.37. The molecule has 3 aromatic rings. The van der Waals surface area contributed by atoms with Crippen molar-refractivity contribution in [3.63, 3.8) is 0 Å². The van der Waals surface area contributed by atoms with E-state index in [0.717, 1.165) is 16.0 Å². The van der Waals surface area contributed by atoms with Crippen LogP contribution in [0.1, 0.15) is 18.1 Å². The Bertz CT molecular complexity index is 1200. The summed E-state index contributed by atoms with van der Waals surface area (Å²) in [5, 5.41) is 2.82. The van der Waals surface area contributed by atoms with Crippen molar-refractivity contribution in [3.05, 3.63) is 83.9 Å². The first-order chi connectivity index (χ1) is 15.8. The molecule has 0 saturated heterocycles. The van der Waals surface area contributed by atoms with Crippen molar-refractivity contribution >= 4 is 33.4 Å². The van der Waals surface area contributed by atoms with Gasteiger partial charge in [-0.05, 0) is 67.6 Å². The molecule has 8 heteroatoms. The second-order valence-electron chi connectivity index (χ2n) is 7.40. The molecule has 0 aliphatic heterocycles. The lowest BCUT2D eigenvalue weighted by molar-refractivity contribution is -0.116. The molecule has 0 atom stereocenters. The molecule has 3 aromatic carbocycles. The van der Waals surface area contributed by atoms with Crippen LogP contribution in [-0.4, -0.2) is 38.0 Å². The summed E-state index contributed by atoms with van der Waals surface area (Å²) in [6.07, 6.45) is 1.95. The molecule has 0 radical (unpaired) electrons. The van der Waals surface area contributed by atoms with Gasteiger partial charge in [0.15, 0.2) is 0 Å². The van der Waals surface area contributed by atoms with Crippen LogP contribution in [0.3, 0.4) is 0 Å². The lowest BCUT2D eigenvalue weighted by Gasteiger charge is -2.22. The highest BCUT2D eigenvalue weighted by Crippen LogP contribution is 2.25. The van der Waals surface area contributed by atoms with E-state index in [0.29, 0.717) is 18.0 Å². The first-order valence-electron chi connectivity index (χ1n) is 10.5. The number of nitrogens with zero attached hydrogens (tertiary/aromatic N) is 1. The number of amides is 1. The number of carbonyl (C=O) groups excluding carboxylic acids is 1. The largest absolute Gasteiger partial charge is 0.494 e. The molecular weight excluding hydrogens is 456 g/mol. The fraction of sp³-hybridized carbons (Fsp3) is 0.240. The van der Waals surface area contributed by atoms with Gasteiger partial charge in [0, 0.05) is 17.1 Å². The van der Waals surface area contributed by atoms with Gasteiger partial charge in [-0.25, -0.2) is 8.42 Å². The van der Waals surface area contributed by atoms with Crippen LogP contribution in [0.15, 0.2) is 82.6 Å². The maximum Gasteiger partial charge on any atom is 0.243 e. The van der Waals surface area contributed by atoms with Gasteiger partial charge in [0.1, 0.15) is 5.75 Å². The van der Waals surface area contributed by atoms with Gasteiger partial charge in [0.25, 0.3) is 0 Å². The molecule has 0 aromatic heterocycles. The first kappa shape index (κ1) is 24.8. The summed E-state index contributed by atoms with van der Waals surface area (Å²) in [5.74, 6) is 0.230. The Labute approximate surface area is 200 Å².